The van der Waals surface area contributed by atoms with Crippen LogP contribution in [0, 0.1) is 5.92 Å². The molecule has 0 radical (unpaired) electrons. The molecule has 0 aromatic heterocycles. The topological polar surface area (TPSA) is 58.4 Å². The molecule has 1 atom stereocenters. The van der Waals surface area contributed by atoms with Crippen LogP contribution in [0.15, 0.2) is 0 Å². The summed E-state index contributed by atoms with van der Waals surface area (Å²) < 4.78 is 0. The SMILES string of the molecule is CC(CN)CC(=O)NCCN1CCSCC1. The summed E-state index contributed by atoms with van der Waals surface area (Å²) in [4.78, 5) is 13.9. The Morgan fingerprint density at radius 3 is 2.81 bits per heavy atom. The number of rotatable bonds is 6. The van der Waals surface area contributed by atoms with Crippen molar-refractivity contribution in [3.8, 4) is 0 Å². The highest BCUT2D eigenvalue weighted by molar-refractivity contribution is 7.99. The van der Waals surface area contributed by atoms with Gasteiger partial charge in [0.1, 0.15) is 0 Å². The Bertz CT molecular complexity index is 207. The minimum Gasteiger partial charge on any atom is -0.355 e. The van der Waals surface area contributed by atoms with E-state index in [0.29, 0.717) is 13.0 Å². The molecule has 1 amide bonds. The summed E-state index contributed by atoms with van der Waals surface area (Å²) in [6, 6.07) is 0. The summed E-state index contributed by atoms with van der Waals surface area (Å²) in [5.74, 6) is 2.85. The summed E-state index contributed by atoms with van der Waals surface area (Å²) in [5.41, 5.74) is 5.48. The molecule has 1 fully saturated rings. The van der Waals surface area contributed by atoms with Crippen molar-refractivity contribution in [1.82, 2.24) is 10.2 Å². The number of carbonyl (C=O) groups is 1. The minimum atomic E-state index is 0.129. The Hall–Kier alpha value is -0.260. The zero-order valence-corrected chi connectivity index (χ0v) is 10.9. The maximum atomic E-state index is 11.5. The van der Waals surface area contributed by atoms with E-state index in [1.807, 2.05) is 18.7 Å². The molecule has 0 aromatic carbocycles. The van der Waals surface area contributed by atoms with E-state index in [2.05, 4.69) is 10.2 Å². The van der Waals surface area contributed by atoms with E-state index in [4.69, 9.17) is 5.73 Å². The summed E-state index contributed by atoms with van der Waals surface area (Å²) in [5, 5.41) is 2.95. The van der Waals surface area contributed by atoms with Crippen LogP contribution in [0.3, 0.4) is 0 Å². The fraction of sp³-hybridized carbons (Fsp3) is 0.909. The van der Waals surface area contributed by atoms with Crippen molar-refractivity contribution >= 4 is 17.7 Å². The van der Waals surface area contributed by atoms with Crippen LogP contribution in [0.2, 0.25) is 0 Å². The Labute approximate surface area is 102 Å². The number of nitrogens with one attached hydrogen (secondary N) is 1. The third-order valence-electron chi connectivity index (χ3n) is 2.79. The Kier molecular flexibility index (Phi) is 6.84. The first-order valence-corrected chi connectivity index (χ1v) is 7.14. The largest absolute Gasteiger partial charge is 0.355 e. The van der Waals surface area contributed by atoms with E-state index >= 15 is 0 Å². The number of amides is 1. The first-order valence-electron chi connectivity index (χ1n) is 5.99. The van der Waals surface area contributed by atoms with Crippen LogP contribution in [0.5, 0.6) is 0 Å². The molecule has 0 spiro atoms. The number of carbonyl (C=O) groups excluding carboxylic acids is 1. The summed E-state index contributed by atoms with van der Waals surface area (Å²) in [7, 11) is 0. The average Bonchev–Trinajstić information content (AvgIpc) is 2.30. The van der Waals surface area contributed by atoms with Crippen LogP contribution in [-0.2, 0) is 4.79 Å². The maximum absolute atomic E-state index is 11.5. The molecule has 94 valence electrons. The molecule has 0 aromatic rings. The highest BCUT2D eigenvalue weighted by atomic mass is 32.2. The molecule has 5 heteroatoms. The monoisotopic (exact) mass is 245 g/mol. The lowest BCUT2D eigenvalue weighted by molar-refractivity contribution is -0.121. The van der Waals surface area contributed by atoms with Crippen LogP contribution < -0.4 is 11.1 Å². The third kappa shape index (κ3) is 5.72. The van der Waals surface area contributed by atoms with Crippen LogP contribution >= 0.6 is 11.8 Å². The van der Waals surface area contributed by atoms with Gasteiger partial charge in [-0.05, 0) is 12.5 Å². The second-order valence-corrected chi connectivity index (χ2v) is 5.57. The molecule has 0 saturated carbocycles. The lowest BCUT2D eigenvalue weighted by Crippen LogP contribution is -2.39. The van der Waals surface area contributed by atoms with E-state index < -0.39 is 0 Å². The second kappa shape index (κ2) is 7.92. The smallest absolute Gasteiger partial charge is 0.220 e. The quantitative estimate of drug-likeness (QED) is 0.699. The molecule has 0 bridgehead atoms. The van der Waals surface area contributed by atoms with Gasteiger partial charge in [-0.2, -0.15) is 11.8 Å². The molecule has 1 saturated heterocycles. The summed E-state index contributed by atoms with van der Waals surface area (Å²) in [6.45, 7) is 6.63. The molecule has 1 unspecified atom stereocenters. The third-order valence-corrected chi connectivity index (χ3v) is 3.73. The van der Waals surface area contributed by atoms with Gasteiger partial charge in [-0.25, -0.2) is 0 Å². The van der Waals surface area contributed by atoms with Crippen molar-refractivity contribution in [2.75, 3.05) is 44.2 Å². The average molecular weight is 245 g/mol. The van der Waals surface area contributed by atoms with Crippen LogP contribution in [0.25, 0.3) is 0 Å². The molecule has 0 aliphatic carbocycles. The van der Waals surface area contributed by atoms with E-state index in [9.17, 15) is 4.79 Å². The van der Waals surface area contributed by atoms with Gasteiger partial charge in [0.2, 0.25) is 5.91 Å². The number of nitrogens with zero attached hydrogens (tertiary/aromatic N) is 1. The summed E-state index contributed by atoms with van der Waals surface area (Å²) in [6.07, 6.45) is 0.548. The van der Waals surface area contributed by atoms with Crippen LogP contribution in [0.4, 0.5) is 0 Å². The zero-order valence-electron chi connectivity index (χ0n) is 10.1. The van der Waals surface area contributed by atoms with E-state index in [-0.39, 0.29) is 11.8 Å². The summed E-state index contributed by atoms with van der Waals surface area (Å²) >= 11 is 2.01. The normalized spacial score (nSPS) is 19.4. The highest BCUT2D eigenvalue weighted by Gasteiger charge is 2.11. The van der Waals surface area contributed by atoms with Gasteiger partial charge in [0.15, 0.2) is 0 Å². The predicted molar refractivity (Wildman–Crippen MR) is 69.6 cm³/mol. The van der Waals surface area contributed by atoms with Crippen molar-refractivity contribution in [3.63, 3.8) is 0 Å². The van der Waals surface area contributed by atoms with Crippen LogP contribution in [-0.4, -0.2) is 55.0 Å². The second-order valence-electron chi connectivity index (χ2n) is 4.35. The molecule has 4 nitrogen and oxygen atoms in total. The van der Waals surface area contributed by atoms with Gasteiger partial charge in [0.25, 0.3) is 0 Å². The lowest BCUT2D eigenvalue weighted by atomic mass is 10.1. The zero-order chi connectivity index (χ0) is 11.8. The highest BCUT2D eigenvalue weighted by Crippen LogP contribution is 2.07. The van der Waals surface area contributed by atoms with Gasteiger partial charge >= 0.3 is 0 Å². The van der Waals surface area contributed by atoms with Gasteiger partial charge in [-0.15, -0.1) is 0 Å². The first-order chi connectivity index (χ1) is 7.72. The van der Waals surface area contributed by atoms with Crippen molar-refractivity contribution in [1.29, 1.82) is 0 Å². The number of thioether (sulfide) groups is 1. The van der Waals surface area contributed by atoms with Gasteiger partial charge < -0.3 is 11.1 Å². The molecule has 1 aliphatic rings. The molecular weight excluding hydrogens is 222 g/mol. The van der Waals surface area contributed by atoms with Crippen molar-refractivity contribution in [2.45, 2.75) is 13.3 Å². The van der Waals surface area contributed by atoms with Gasteiger partial charge in [-0.3, -0.25) is 9.69 Å². The maximum Gasteiger partial charge on any atom is 0.220 e. The van der Waals surface area contributed by atoms with Crippen LogP contribution in [0.1, 0.15) is 13.3 Å². The Balaban J connectivity index is 2.03. The fourth-order valence-corrected chi connectivity index (χ4v) is 2.63. The number of hydrogen-bond acceptors (Lipinski definition) is 4. The van der Waals surface area contributed by atoms with Crippen molar-refractivity contribution < 1.29 is 4.79 Å². The van der Waals surface area contributed by atoms with Crippen molar-refractivity contribution in [3.05, 3.63) is 0 Å². The number of hydrogen-bond donors (Lipinski definition) is 2. The van der Waals surface area contributed by atoms with Gasteiger partial charge in [-0.1, -0.05) is 6.92 Å². The van der Waals surface area contributed by atoms with Gasteiger partial charge in [0, 0.05) is 44.1 Å². The molecular formula is C11H23N3OS. The molecule has 1 aliphatic heterocycles. The Morgan fingerprint density at radius 2 is 2.19 bits per heavy atom. The first kappa shape index (κ1) is 13.8. The molecule has 1 rings (SSSR count). The fourth-order valence-electron chi connectivity index (χ4n) is 1.65. The van der Waals surface area contributed by atoms with E-state index in [1.165, 1.54) is 11.5 Å². The van der Waals surface area contributed by atoms with E-state index in [0.717, 1.165) is 26.2 Å². The standard InChI is InChI=1S/C11H23N3OS/c1-10(9-12)8-11(15)13-2-3-14-4-6-16-7-5-14/h10H,2-9,12H2,1H3,(H,13,15). The predicted octanol–water partition coefficient (Wildman–Crippen LogP) is 0.136. The molecule has 1 heterocycles. The number of nitrogens with two attached hydrogens (primary N) is 1. The van der Waals surface area contributed by atoms with Crippen molar-refractivity contribution in [2.24, 2.45) is 11.7 Å². The lowest BCUT2D eigenvalue weighted by Gasteiger charge is -2.26. The van der Waals surface area contributed by atoms with E-state index in [1.54, 1.807) is 0 Å². The Morgan fingerprint density at radius 1 is 1.50 bits per heavy atom. The molecule has 16 heavy (non-hydrogen) atoms. The minimum absolute atomic E-state index is 0.129. The molecule has 3 N–H and O–H groups in total. The van der Waals surface area contributed by atoms with Gasteiger partial charge in [0.05, 0.1) is 0 Å².